The number of hydrogen-bond donors (Lipinski definition) is 2. The summed E-state index contributed by atoms with van der Waals surface area (Å²) in [5, 5.41) is 23.0. The van der Waals surface area contributed by atoms with Crippen molar-refractivity contribution in [2.24, 2.45) is 0 Å². The van der Waals surface area contributed by atoms with Crippen LogP contribution in [0.1, 0.15) is 23.1 Å². The summed E-state index contributed by atoms with van der Waals surface area (Å²) in [7, 11) is 0. The maximum Gasteiger partial charge on any atom is 0.161 e. The molecule has 5 heteroatoms. The van der Waals surface area contributed by atoms with E-state index in [4.69, 9.17) is 4.74 Å². The van der Waals surface area contributed by atoms with Gasteiger partial charge in [-0.2, -0.15) is 0 Å². The van der Waals surface area contributed by atoms with Gasteiger partial charge in [-0.25, -0.2) is 0 Å². The van der Waals surface area contributed by atoms with Gasteiger partial charge < -0.3 is 19.8 Å². The van der Waals surface area contributed by atoms with Crippen molar-refractivity contribution in [3.63, 3.8) is 0 Å². The zero-order valence-electron chi connectivity index (χ0n) is 16.3. The molecule has 0 saturated heterocycles. The summed E-state index contributed by atoms with van der Waals surface area (Å²) in [4.78, 5) is 2.43. The topological polar surface area (TPSA) is 52.9 Å². The Balaban J connectivity index is 1.60. The zero-order chi connectivity index (χ0) is 20.3. The predicted octanol–water partition coefficient (Wildman–Crippen LogP) is 5.30. The number of rotatable bonds is 2. The lowest BCUT2D eigenvalue weighted by molar-refractivity contribution is 0.311. The highest BCUT2D eigenvalue weighted by Gasteiger charge is 2.50. The molecule has 0 bridgehead atoms. The molecule has 0 aromatic heterocycles. The van der Waals surface area contributed by atoms with E-state index in [2.05, 4.69) is 64.9 Å². The normalized spacial score (nSPS) is 20.0. The molecule has 0 aliphatic carbocycles. The van der Waals surface area contributed by atoms with Crippen LogP contribution in [-0.2, 0) is 5.41 Å². The fourth-order valence-corrected chi connectivity index (χ4v) is 5.98. The monoisotopic (exact) mass is 415 g/mol. The van der Waals surface area contributed by atoms with Crippen LogP contribution in [-0.4, -0.2) is 28.6 Å². The summed E-state index contributed by atoms with van der Waals surface area (Å²) in [6.45, 7) is 1.36. The van der Waals surface area contributed by atoms with Crippen LogP contribution in [0.5, 0.6) is 17.2 Å². The van der Waals surface area contributed by atoms with E-state index < -0.39 is 5.41 Å². The summed E-state index contributed by atoms with van der Waals surface area (Å²) in [6.07, 6.45) is 3.32. The number of anilines is 2. The van der Waals surface area contributed by atoms with Crippen molar-refractivity contribution in [3.05, 3.63) is 88.8 Å². The van der Waals surface area contributed by atoms with E-state index in [9.17, 15) is 10.2 Å². The number of fused-ring (bicyclic) bond motifs is 6. The number of nitrogens with zero attached hydrogens (tertiary/aromatic N) is 1. The molecule has 3 aliphatic heterocycles. The number of ether oxygens (including phenoxy) is 1. The standard InChI is InChI=1S/C25H21NO3S/c27-22-12-19-24(13-23(22)28)29-15-25(19)17-7-1-3-9-20(17)26(14-16-6-5-11-30-16)21-10-4-2-8-18(21)25/h1-5,7-13,16,27-28H,6,14-15H2. The van der Waals surface area contributed by atoms with Gasteiger partial charge in [-0.05, 0) is 41.2 Å². The summed E-state index contributed by atoms with van der Waals surface area (Å²) < 4.78 is 6.11. The first-order valence-corrected chi connectivity index (χ1v) is 11.1. The molecule has 6 rings (SSSR count). The second-order valence-electron chi connectivity index (χ2n) is 8.04. The smallest absolute Gasteiger partial charge is 0.161 e. The van der Waals surface area contributed by atoms with E-state index in [1.54, 1.807) is 6.07 Å². The summed E-state index contributed by atoms with van der Waals surface area (Å²) >= 11 is 1.89. The van der Waals surface area contributed by atoms with Crippen molar-refractivity contribution < 1.29 is 14.9 Å². The summed E-state index contributed by atoms with van der Waals surface area (Å²) in [6, 6.07) is 20.2. The number of allylic oxidation sites excluding steroid dienone is 1. The molecule has 30 heavy (non-hydrogen) atoms. The minimum atomic E-state index is -0.523. The molecule has 3 aliphatic rings. The van der Waals surface area contributed by atoms with Crippen molar-refractivity contribution >= 4 is 23.1 Å². The van der Waals surface area contributed by atoms with Gasteiger partial charge in [0.1, 0.15) is 12.4 Å². The second kappa shape index (κ2) is 6.47. The van der Waals surface area contributed by atoms with Crippen LogP contribution < -0.4 is 9.64 Å². The molecule has 3 aromatic carbocycles. The third-order valence-corrected chi connectivity index (χ3v) is 7.52. The van der Waals surface area contributed by atoms with Crippen LogP contribution in [0.25, 0.3) is 0 Å². The van der Waals surface area contributed by atoms with Crippen molar-refractivity contribution in [1.82, 2.24) is 0 Å². The Kier molecular flexibility index (Phi) is 3.84. The summed E-state index contributed by atoms with van der Waals surface area (Å²) in [5.74, 6) is 0.346. The Bertz CT molecular complexity index is 1130. The first-order chi connectivity index (χ1) is 14.7. The van der Waals surface area contributed by atoms with E-state index in [-0.39, 0.29) is 11.5 Å². The number of phenolic OH excluding ortho intramolecular Hbond substituents is 2. The number of thioether (sulfide) groups is 1. The van der Waals surface area contributed by atoms with Gasteiger partial charge in [-0.15, -0.1) is 11.8 Å². The number of hydrogen-bond acceptors (Lipinski definition) is 5. The largest absolute Gasteiger partial charge is 0.504 e. The lowest BCUT2D eigenvalue weighted by Gasteiger charge is -2.43. The van der Waals surface area contributed by atoms with E-state index in [1.165, 1.54) is 28.6 Å². The number of benzene rings is 3. The quantitative estimate of drug-likeness (QED) is 0.557. The SMILES string of the molecule is Oc1cc2c(cc1O)C1(CO2)c2ccccc2N(CC2CC=CS2)c2ccccc21. The van der Waals surface area contributed by atoms with Gasteiger partial charge in [0.2, 0.25) is 0 Å². The lowest BCUT2D eigenvalue weighted by Crippen LogP contribution is -2.40. The first-order valence-electron chi connectivity index (χ1n) is 10.1. The van der Waals surface area contributed by atoms with Crippen LogP contribution in [0.15, 0.2) is 72.1 Å². The van der Waals surface area contributed by atoms with Gasteiger partial charge in [-0.1, -0.05) is 42.5 Å². The highest BCUT2D eigenvalue weighted by molar-refractivity contribution is 8.03. The molecule has 1 spiro atoms. The third kappa shape index (κ3) is 2.36. The molecule has 0 fully saturated rings. The highest BCUT2D eigenvalue weighted by atomic mass is 32.2. The molecular formula is C25H21NO3S. The molecule has 1 atom stereocenters. The van der Waals surface area contributed by atoms with Crippen LogP contribution in [0.4, 0.5) is 11.4 Å². The fourth-order valence-electron chi connectivity index (χ4n) is 5.08. The lowest BCUT2D eigenvalue weighted by atomic mass is 9.67. The molecule has 150 valence electrons. The minimum Gasteiger partial charge on any atom is -0.504 e. The molecule has 2 N–H and O–H groups in total. The molecule has 4 nitrogen and oxygen atoms in total. The van der Waals surface area contributed by atoms with Crippen LogP contribution in [0.3, 0.4) is 0 Å². The van der Waals surface area contributed by atoms with Gasteiger partial charge in [0.25, 0.3) is 0 Å². The molecule has 3 aromatic rings. The van der Waals surface area contributed by atoms with Crippen LogP contribution in [0, 0.1) is 0 Å². The van der Waals surface area contributed by atoms with E-state index >= 15 is 0 Å². The van der Waals surface area contributed by atoms with E-state index in [1.807, 2.05) is 11.8 Å². The first kappa shape index (κ1) is 17.8. The maximum absolute atomic E-state index is 10.3. The van der Waals surface area contributed by atoms with Gasteiger partial charge >= 0.3 is 0 Å². The Morgan fingerprint density at radius 3 is 2.27 bits per heavy atom. The fraction of sp³-hybridized carbons (Fsp3) is 0.200. The minimum absolute atomic E-state index is 0.121. The number of aromatic hydroxyl groups is 2. The molecular weight excluding hydrogens is 394 g/mol. The zero-order valence-corrected chi connectivity index (χ0v) is 17.1. The Morgan fingerprint density at radius 2 is 1.60 bits per heavy atom. The third-order valence-electron chi connectivity index (χ3n) is 6.44. The van der Waals surface area contributed by atoms with Crippen LogP contribution >= 0.6 is 11.8 Å². The highest BCUT2D eigenvalue weighted by Crippen LogP contribution is 2.58. The number of phenols is 2. The van der Waals surface area contributed by atoms with Gasteiger partial charge in [0, 0.05) is 34.8 Å². The average molecular weight is 416 g/mol. The van der Waals surface area contributed by atoms with Crippen molar-refractivity contribution in [3.8, 4) is 17.2 Å². The van der Waals surface area contributed by atoms with E-state index in [0.717, 1.165) is 18.5 Å². The molecule has 0 radical (unpaired) electrons. The Labute approximate surface area is 179 Å². The molecule has 3 heterocycles. The van der Waals surface area contributed by atoms with Crippen molar-refractivity contribution in [1.29, 1.82) is 0 Å². The van der Waals surface area contributed by atoms with Crippen LogP contribution in [0.2, 0.25) is 0 Å². The Morgan fingerprint density at radius 1 is 0.933 bits per heavy atom. The van der Waals surface area contributed by atoms with Crippen molar-refractivity contribution in [2.75, 3.05) is 18.1 Å². The van der Waals surface area contributed by atoms with Gasteiger partial charge in [-0.3, -0.25) is 0 Å². The van der Waals surface area contributed by atoms with E-state index in [0.29, 0.717) is 17.6 Å². The summed E-state index contributed by atoms with van der Waals surface area (Å²) in [5.41, 5.74) is 5.06. The number of para-hydroxylation sites is 2. The predicted molar refractivity (Wildman–Crippen MR) is 120 cm³/mol. The maximum atomic E-state index is 10.3. The van der Waals surface area contributed by atoms with Crippen molar-refractivity contribution in [2.45, 2.75) is 17.1 Å². The second-order valence-corrected chi connectivity index (χ2v) is 9.25. The molecule has 1 unspecified atom stereocenters. The Hall–Kier alpha value is -3.05. The van der Waals surface area contributed by atoms with Gasteiger partial charge in [0.15, 0.2) is 11.5 Å². The molecule has 0 amide bonds. The average Bonchev–Trinajstić information content (AvgIpc) is 3.41. The molecule has 0 saturated carbocycles. The van der Waals surface area contributed by atoms with Gasteiger partial charge in [0.05, 0.1) is 5.41 Å².